The van der Waals surface area contributed by atoms with E-state index in [1.54, 1.807) is 11.8 Å². The second-order valence-electron chi connectivity index (χ2n) is 10.8. The van der Waals surface area contributed by atoms with Gasteiger partial charge in [-0.2, -0.15) is 13.2 Å². The first kappa shape index (κ1) is 25.2. The van der Waals surface area contributed by atoms with Gasteiger partial charge in [-0.3, -0.25) is 9.78 Å². The molecule has 6 nitrogen and oxygen atoms in total. The SMILES string of the molecule is CC1=C(C(=O)N2CCc3ncc(C(F)(F)F)cc3C2)C2(CCCC(CC3CCOC3)CCC2)OC1=O. The van der Waals surface area contributed by atoms with E-state index in [0.717, 1.165) is 64.0 Å². The second-order valence-corrected chi connectivity index (χ2v) is 10.8. The Balaban J connectivity index is 1.32. The lowest BCUT2D eigenvalue weighted by Gasteiger charge is -2.37. The third-order valence-corrected chi connectivity index (χ3v) is 8.37. The molecule has 2 fully saturated rings. The van der Waals surface area contributed by atoms with E-state index in [0.29, 0.717) is 60.0 Å². The van der Waals surface area contributed by atoms with Gasteiger partial charge in [0.1, 0.15) is 5.60 Å². The number of aromatic nitrogens is 1. The predicted octanol–water partition coefficient (Wildman–Crippen LogP) is 4.99. The van der Waals surface area contributed by atoms with Gasteiger partial charge in [0, 0.05) is 50.2 Å². The van der Waals surface area contributed by atoms with Crippen LogP contribution >= 0.6 is 0 Å². The molecule has 1 unspecified atom stereocenters. The number of carbonyl (C=O) groups is 2. The summed E-state index contributed by atoms with van der Waals surface area (Å²) < 4.78 is 51.1. The molecular weight excluding hydrogens is 473 g/mol. The van der Waals surface area contributed by atoms with Gasteiger partial charge in [0.05, 0.1) is 11.1 Å². The summed E-state index contributed by atoms with van der Waals surface area (Å²) in [5, 5.41) is 0. The first-order valence-electron chi connectivity index (χ1n) is 13.0. The predicted molar refractivity (Wildman–Crippen MR) is 125 cm³/mol. The minimum absolute atomic E-state index is 0.0394. The maximum atomic E-state index is 13.8. The Bertz CT molecular complexity index is 1050. The molecule has 196 valence electrons. The van der Waals surface area contributed by atoms with E-state index in [4.69, 9.17) is 9.47 Å². The molecular formula is C27H33F3N2O4. The normalized spacial score (nSPS) is 29.2. The fourth-order valence-corrected chi connectivity index (χ4v) is 6.47. The zero-order valence-electron chi connectivity index (χ0n) is 20.7. The Labute approximate surface area is 209 Å². The number of ether oxygens (including phenoxy) is 2. The van der Waals surface area contributed by atoms with Crippen molar-refractivity contribution in [2.24, 2.45) is 11.8 Å². The smallest absolute Gasteiger partial charge is 0.417 e. The highest BCUT2D eigenvalue weighted by Gasteiger charge is 2.50. The number of esters is 1. The van der Waals surface area contributed by atoms with Crippen LogP contribution in [-0.4, -0.2) is 47.1 Å². The molecule has 1 amide bonds. The third-order valence-electron chi connectivity index (χ3n) is 8.37. The van der Waals surface area contributed by atoms with Gasteiger partial charge in [0.25, 0.3) is 5.91 Å². The standard InChI is InChI=1S/C27H33F3N2O4/c1-17-23(24(33)32-10-6-22-20(15-32)13-21(14-31-22)27(28,29)30)26(36-25(17)34)8-2-4-18(5-3-9-26)12-19-7-11-35-16-19/h13-14,18-19H,2-12,15-16H2,1H3. The van der Waals surface area contributed by atoms with Gasteiger partial charge in [-0.1, -0.05) is 12.8 Å². The minimum atomic E-state index is -4.50. The van der Waals surface area contributed by atoms with Gasteiger partial charge in [0.15, 0.2) is 0 Å². The number of hydrogen-bond donors (Lipinski definition) is 0. The van der Waals surface area contributed by atoms with Crippen LogP contribution in [0.25, 0.3) is 0 Å². The van der Waals surface area contributed by atoms with Crippen LogP contribution in [0, 0.1) is 11.8 Å². The molecule has 1 aromatic rings. The second kappa shape index (κ2) is 9.80. The molecule has 3 aliphatic heterocycles. The average molecular weight is 507 g/mol. The molecule has 0 radical (unpaired) electrons. The van der Waals surface area contributed by atoms with Crippen LogP contribution in [0.2, 0.25) is 0 Å². The van der Waals surface area contributed by atoms with Crippen molar-refractivity contribution in [3.8, 4) is 0 Å². The molecule has 9 heteroatoms. The molecule has 1 saturated carbocycles. The monoisotopic (exact) mass is 506 g/mol. The zero-order chi connectivity index (χ0) is 25.5. The Morgan fingerprint density at radius 2 is 1.94 bits per heavy atom. The van der Waals surface area contributed by atoms with Crippen molar-refractivity contribution in [3.63, 3.8) is 0 Å². The molecule has 1 aromatic heterocycles. The first-order valence-corrected chi connectivity index (χ1v) is 13.0. The molecule has 1 spiro atoms. The topological polar surface area (TPSA) is 68.7 Å². The molecule has 0 bridgehead atoms. The van der Waals surface area contributed by atoms with Crippen molar-refractivity contribution < 1.29 is 32.2 Å². The van der Waals surface area contributed by atoms with Gasteiger partial charge in [-0.25, -0.2) is 4.79 Å². The van der Waals surface area contributed by atoms with Crippen molar-refractivity contribution in [2.75, 3.05) is 19.8 Å². The van der Waals surface area contributed by atoms with E-state index >= 15 is 0 Å². The molecule has 36 heavy (non-hydrogen) atoms. The lowest BCUT2D eigenvalue weighted by Crippen LogP contribution is -2.44. The summed E-state index contributed by atoms with van der Waals surface area (Å²) >= 11 is 0. The molecule has 4 heterocycles. The summed E-state index contributed by atoms with van der Waals surface area (Å²) in [6.07, 6.45) is 3.98. The van der Waals surface area contributed by atoms with Crippen LogP contribution in [0.15, 0.2) is 23.4 Å². The van der Waals surface area contributed by atoms with Gasteiger partial charge in [0.2, 0.25) is 0 Å². The summed E-state index contributed by atoms with van der Waals surface area (Å²) in [7, 11) is 0. The van der Waals surface area contributed by atoms with E-state index in [1.165, 1.54) is 0 Å². The third kappa shape index (κ3) is 4.91. The van der Waals surface area contributed by atoms with Crippen molar-refractivity contribution in [1.29, 1.82) is 0 Å². The van der Waals surface area contributed by atoms with E-state index in [2.05, 4.69) is 4.98 Å². The highest BCUT2D eigenvalue weighted by atomic mass is 19.4. The molecule has 5 rings (SSSR count). The molecule has 1 atom stereocenters. The fourth-order valence-electron chi connectivity index (χ4n) is 6.47. The number of rotatable bonds is 3. The maximum Gasteiger partial charge on any atom is 0.417 e. The summed E-state index contributed by atoms with van der Waals surface area (Å²) in [6.45, 7) is 3.71. The zero-order valence-corrected chi connectivity index (χ0v) is 20.7. The number of alkyl halides is 3. The van der Waals surface area contributed by atoms with E-state index in [9.17, 15) is 22.8 Å². The van der Waals surface area contributed by atoms with Gasteiger partial charge >= 0.3 is 12.1 Å². The number of hydrogen-bond acceptors (Lipinski definition) is 5. The highest BCUT2D eigenvalue weighted by molar-refractivity contribution is 6.07. The van der Waals surface area contributed by atoms with Crippen LogP contribution < -0.4 is 0 Å². The highest BCUT2D eigenvalue weighted by Crippen LogP contribution is 2.45. The lowest BCUT2D eigenvalue weighted by atomic mass is 9.76. The Hall–Kier alpha value is -2.42. The van der Waals surface area contributed by atoms with Gasteiger partial charge in [-0.05, 0) is 68.9 Å². The summed E-state index contributed by atoms with van der Waals surface area (Å²) in [5.41, 5.74) is -0.0482. The number of nitrogens with zero attached hydrogens (tertiary/aromatic N) is 2. The quantitative estimate of drug-likeness (QED) is 0.540. The van der Waals surface area contributed by atoms with Gasteiger partial charge < -0.3 is 14.4 Å². The van der Waals surface area contributed by atoms with Crippen molar-refractivity contribution in [2.45, 2.75) is 83.0 Å². The van der Waals surface area contributed by atoms with E-state index in [1.807, 2.05) is 0 Å². The number of carbonyl (C=O) groups excluding carboxylic acids is 2. The largest absolute Gasteiger partial charge is 0.451 e. The maximum absolute atomic E-state index is 13.8. The summed E-state index contributed by atoms with van der Waals surface area (Å²) in [6, 6.07) is 1.08. The summed E-state index contributed by atoms with van der Waals surface area (Å²) in [5.74, 6) is 0.476. The molecule has 0 N–H and O–H groups in total. The molecule has 1 aliphatic carbocycles. The lowest BCUT2D eigenvalue weighted by molar-refractivity contribution is -0.149. The molecule has 1 saturated heterocycles. The number of fused-ring (bicyclic) bond motifs is 1. The van der Waals surface area contributed by atoms with Crippen LogP contribution in [0.3, 0.4) is 0 Å². The minimum Gasteiger partial charge on any atom is -0.451 e. The van der Waals surface area contributed by atoms with Crippen LogP contribution in [-0.2, 0) is 38.2 Å². The molecule has 4 aliphatic rings. The molecule has 0 aromatic carbocycles. The van der Waals surface area contributed by atoms with Crippen LogP contribution in [0.4, 0.5) is 13.2 Å². The van der Waals surface area contributed by atoms with E-state index in [-0.39, 0.29) is 12.5 Å². The van der Waals surface area contributed by atoms with Crippen molar-refractivity contribution >= 4 is 11.9 Å². The number of amides is 1. The van der Waals surface area contributed by atoms with E-state index < -0.39 is 23.3 Å². The number of pyridine rings is 1. The Morgan fingerprint density at radius 3 is 2.61 bits per heavy atom. The van der Waals surface area contributed by atoms with Crippen LogP contribution in [0.5, 0.6) is 0 Å². The fraction of sp³-hybridized carbons (Fsp3) is 0.667. The summed E-state index contributed by atoms with van der Waals surface area (Å²) in [4.78, 5) is 32.0. The van der Waals surface area contributed by atoms with Gasteiger partial charge in [-0.15, -0.1) is 0 Å². The van der Waals surface area contributed by atoms with Crippen molar-refractivity contribution in [1.82, 2.24) is 9.88 Å². The van der Waals surface area contributed by atoms with Crippen LogP contribution in [0.1, 0.15) is 75.1 Å². The Morgan fingerprint density at radius 1 is 1.19 bits per heavy atom. The first-order chi connectivity index (χ1) is 17.2. The number of halogens is 3. The Kier molecular flexibility index (Phi) is 6.87. The van der Waals surface area contributed by atoms with Crippen molar-refractivity contribution in [3.05, 3.63) is 40.2 Å². The average Bonchev–Trinajstić information content (AvgIpc) is 3.42.